The predicted octanol–water partition coefficient (Wildman–Crippen LogP) is 5.32. The Hall–Kier alpha value is -2.57. The number of rotatable bonds is 1. The Morgan fingerprint density at radius 3 is 2.60 bits per heavy atom. The van der Waals surface area contributed by atoms with Crippen molar-refractivity contribution in [3.63, 3.8) is 0 Å². The summed E-state index contributed by atoms with van der Waals surface area (Å²) in [7, 11) is 0. The second kappa shape index (κ2) is 11.4. The molecule has 1 aliphatic rings. The molecule has 1 aromatic carbocycles. The smallest absolute Gasteiger partial charge is 0.309 e. The normalized spacial score (nSPS) is 30.9. The van der Waals surface area contributed by atoms with Gasteiger partial charge in [0, 0.05) is 23.9 Å². The van der Waals surface area contributed by atoms with Gasteiger partial charge in [0.1, 0.15) is 11.9 Å². The van der Waals surface area contributed by atoms with E-state index in [0.29, 0.717) is 6.42 Å². The van der Waals surface area contributed by atoms with E-state index in [1.165, 1.54) is 5.57 Å². The molecule has 0 bridgehead atoms. The van der Waals surface area contributed by atoms with Crippen LogP contribution in [-0.4, -0.2) is 39.2 Å². The Bertz CT molecular complexity index is 1080. The summed E-state index contributed by atoms with van der Waals surface area (Å²) >= 11 is 0. The van der Waals surface area contributed by atoms with Crippen LogP contribution in [0, 0.1) is 17.3 Å². The minimum atomic E-state index is -1.23. The van der Waals surface area contributed by atoms with E-state index in [1.807, 2.05) is 37.3 Å². The molecule has 5 atom stereocenters. The first kappa shape index (κ1) is 27.0. The lowest BCUT2D eigenvalue weighted by Crippen LogP contribution is -2.45. The second-order valence-electron chi connectivity index (χ2n) is 10.7. The Morgan fingerprint density at radius 2 is 1.86 bits per heavy atom. The fourth-order valence-electron chi connectivity index (χ4n) is 4.84. The predicted molar refractivity (Wildman–Crippen MR) is 137 cm³/mol. The van der Waals surface area contributed by atoms with Crippen LogP contribution in [0.15, 0.2) is 48.2 Å². The Labute approximate surface area is 208 Å². The number of allylic oxidation sites excluding steroid dienone is 1. The summed E-state index contributed by atoms with van der Waals surface area (Å²) in [5.41, 5.74) is 1.64. The molecule has 2 aromatic rings. The number of fused-ring (bicyclic) bond motifs is 1. The molecular formula is C29H39NO5. The van der Waals surface area contributed by atoms with Gasteiger partial charge < -0.3 is 14.9 Å². The highest BCUT2D eigenvalue weighted by molar-refractivity contribution is 5.88. The maximum absolute atomic E-state index is 13.2. The highest BCUT2D eigenvalue weighted by Gasteiger charge is 2.42. The number of benzene rings is 1. The molecule has 6 heteroatoms. The largest absolute Gasteiger partial charge is 0.457 e. The molecule has 1 aromatic heterocycles. The van der Waals surface area contributed by atoms with E-state index in [-0.39, 0.29) is 18.1 Å². The first-order valence-corrected chi connectivity index (χ1v) is 12.6. The maximum Gasteiger partial charge on any atom is 0.309 e. The van der Waals surface area contributed by atoms with Gasteiger partial charge in [-0.1, -0.05) is 57.5 Å². The topological polar surface area (TPSA) is 96.7 Å². The number of hydrogen-bond acceptors (Lipinski definition) is 6. The molecule has 2 N–H and O–H groups in total. The zero-order valence-corrected chi connectivity index (χ0v) is 21.5. The van der Waals surface area contributed by atoms with Crippen molar-refractivity contribution in [1.29, 1.82) is 0 Å². The molecule has 1 aliphatic heterocycles. The number of aromatic nitrogens is 1. The van der Waals surface area contributed by atoms with Crippen LogP contribution in [0.4, 0.5) is 0 Å². The summed E-state index contributed by atoms with van der Waals surface area (Å²) in [6.07, 6.45) is 4.02. The first-order valence-electron chi connectivity index (χ1n) is 12.6. The number of pyridine rings is 1. The number of aliphatic hydroxyl groups is 2. The minimum Gasteiger partial charge on any atom is -0.457 e. The maximum atomic E-state index is 13.2. The lowest BCUT2D eigenvalue weighted by molar-refractivity contribution is -0.155. The highest BCUT2D eigenvalue weighted by Crippen LogP contribution is 2.33. The van der Waals surface area contributed by atoms with Crippen LogP contribution in [0.25, 0.3) is 10.9 Å². The third kappa shape index (κ3) is 6.56. The van der Waals surface area contributed by atoms with Crippen molar-refractivity contribution in [2.45, 2.75) is 85.0 Å². The molecular weight excluding hydrogens is 442 g/mol. The van der Waals surface area contributed by atoms with Crippen molar-refractivity contribution in [3.05, 3.63) is 53.7 Å². The number of aliphatic hydroxyl groups excluding tert-OH is 2. The van der Waals surface area contributed by atoms with Crippen molar-refractivity contribution in [2.75, 3.05) is 0 Å². The van der Waals surface area contributed by atoms with Crippen molar-refractivity contribution >= 4 is 22.7 Å². The SMILES string of the molecule is C/C1=C/CC(c2ccc3cccnc3c2)OC(=O)C[C@H](O)C(C)(C)C(=O)[C@H](C)[C@@H](O)[C@@H](C)CCC1. The van der Waals surface area contributed by atoms with Gasteiger partial charge in [-0.25, -0.2) is 0 Å². The van der Waals surface area contributed by atoms with Gasteiger partial charge in [-0.2, -0.15) is 0 Å². The molecule has 0 fully saturated rings. The number of esters is 1. The van der Waals surface area contributed by atoms with Crippen LogP contribution in [0.5, 0.6) is 0 Å². The van der Waals surface area contributed by atoms with E-state index in [1.54, 1.807) is 27.0 Å². The lowest BCUT2D eigenvalue weighted by atomic mass is 9.73. The fourth-order valence-corrected chi connectivity index (χ4v) is 4.84. The number of Topliss-reactive ketones (excluding diaryl/α,β-unsaturated/α-hetero) is 1. The van der Waals surface area contributed by atoms with Crippen molar-refractivity contribution < 1.29 is 24.5 Å². The van der Waals surface area contributed by atoms with E-state index >= 15 is 0 Å². The number of ether oxygens (including phenoxy) is 1. The molecule has 35 heavy (non-hydrogen) atoms. The summed E-state index contributed by atoms with van der Waals surface area (Å²) in [4.78, 5) is 30.6. The fraction of sp³-hybridized carbons (Fsp3) is 0.552. The molecule has 3 rings (SSSR count). The summed E-state index contributed by atoms with van der Waals surface area (Å²) in [6, 6.07) is 9.70. The third-order valence-corrected chi connectivity index (χ3v) is 7.52. The molecule has 6 nitrogen and oxygen atoms in total. The van der Waals surface area contributed by atoms with E-state index in [0.717, 1.165) is 35.7 Å². The van der Waals surface area contributed by atoms with Gasteiger partial charge in [0.15, 0.2) is 0 Å². The van der Waals surface area contributed by atoms with Crippen molar-refractivity contribution in [1.82, 2.24) is 4.98 Å². The Kier molecular flexibility index (Phi) is 8.84. The number of carbonyl (C=O) groups is 2. The van der Waals surface area contributed by atoms with Crippen LogP contribution < -0.4 is 0 Å². The van der Waals surface area contributed by atoms with E-state index in [4.69, 9.17) is 4.74 Å². The Morgan fingerprint density at radius 1 is 1.11 bits per heavy atom. The Balaban J connectivity index is 1.91. The minimum absolute atomic E-state index is 0.0505. The average Bonchev–Trinajstić information content (AvgIpc) is 2.84. The molecule has 0 saturated heterocycles. The van der Waals surface area contributed by atoms with E-state index in [2.05, 4.69) is 18.0 Å². The van der Waals surface area contributed by atoms with Gasteiger partial charge in [-0.15, -0.1) is 0 Å². The zero-order valence-electron chi connectivity index (χ0n) is 21.5. The average molecular weight is 482 g/mol. The zero-order chi connectivity index (χ0) is 25.8. The number of nitrogens with zero attached hydrogens (tertiary/aromatic N) is 1. The van der Waals surface area contributed by atoms with Gasteiger partial charge in [0.2, 0.25) is 0 Å². The molecule has 0 aliphatic carbocycles. The number of ketones is 1. The van der Waals surface area contributed by atoms with Gasteiger partial charge in [0.25, 0.3) is 0 Å². The van der Waals surface area contributed by atoms with Crippen LogP contribution in [0.1, 0.15) is 78.4 Å². The summed E-state index contributed by atoms with van der Waals surface area (Å²) < 4.78 is 5.87. The molecule has 0 saturated carbocycles. The second-order valence-corrected chi connectivity index (χ2v) is 10.7. The van der Waals surface area contributed by atoms with Gasteiger partial charge in [-0.05, 0) is 49.8 Å². The summed E-state index contributed by atoms with van der Waals surface area (Å²) in [6.45, 7) is 8.98. The molecule has 0 spiro atoms. The van der Waals surface area contributed by atoms with Gasteiger partial charge in [0.05, 0.1) is 29.6 Å². The van der Waals surface area contributed by atoms with Crippen LogP contribution in [-0.2, 0) is 14.3 Å². The number of carbonyl (C=O) groups excluding carboxylic acids is 2. The van der Waals surface area contributed by atoms with Crippen LogP contribution in [0.3, 0.4) is 0 Å². The number of hydrogen-bond donors (Lipinski definition) is 2. The van der Waals surface area contributed by atoms with Crippen molar-refractivity contribution in [3.8, 4) is 0 Å². The first-order chi connectivity index (χ1) is 16.5. The molecule has 1 unspecified atom stereocenters. The lowest BCUT2D eigenvalue weighted by Gasteiger charge is -2.34. The molecule has 0 radical (unpaired) electrons. The van der Waals surface area contributed by atoms with Gasteiger partial charge >= 0.3 is 5.97 Å². The summed E-state index contributed by atoms with van der Waals surface area (Å²) in [5, 5.41) is 22.7. The van der Waals surface area contributed by atoms with Crippen LogP contribution >= 0.6 is 0 Å². The number of cyclic esters (lactones) is 1. The van der Waals surface area contributed by atoms with E-state index < -0.39 is 35.6 Å². The molecule has 0 amide bonds. The molecule has 2 heterocycles. The molecule has 190 valence electrons. The highest BCUT2D eigenvalue weighted by atomic mass is 16.5. The van der Waals surface area contributed by atoms with Gasteiger partial charge in [-0.3, -0.25) is 14.6 Å². The van der Waals surface area contributed by atoms with Crippen LogP contribution in [0.2, 0.25) is 0 Å². The van der Waals surface area contributed by atoms with E-state index in [9.17, 15) is 19.8 Å². The standard InChI is InChI=1S/C29H39NO5/c1-18-8-6-9-19(2)27(33)20(3)28(34)29(4,5)25(31)17-26(32)35-24(14-11-18)22-13-12-21-10-7-15-30-23(21)16-22/h7,10-13,15-16,19-20,24-25,27,31,33H,6,8-9,14,17H2,1-5H3/b18-11-/t19-,20+,24?,25-,27-/m0/s1. The quantitative estimate of drug-likeness (QED) is 0.423. The monoisotopic (exact) mass is 481 g/mol. The summed E-state index contributed by atoms with van der Waals surface area (Å²) in [5.74, 6) is -1.51. The van der Waals surface area contributed by atoms with Crippen molar-refractivity contribution in [2.24, 2.45) is 17.3 Å². The third-order valence-electron chi connectivity index (χ3n) is 7.52.